The molecule has 7 rings (SSSR count). The highest BCUT2D eigenvalue weighted by Gasteiger charge is 2.40. The largest absolute Gasteiger partial charge is 0.457 e. The summed E-state index contributed by atoms with van der Waals surface area (Å²) >= 11 is 0. The Hall–Kier alpha value is -4.29. The van der Waals surface area contributed by atoms with Crippen molar-refractivity contribution in [3.05, 3.63) is 53.6 Å². The molecule has 5 heterocycles. The predicted molar refractivity (Wildman–Crippen MR) is 156 cm³/mol. The van der Waals surface area contributed by atoms with E-state index in [-0.39, 0.29) is 36.7 Å². The number of benzene rings is 2. The molecule has 12 heteroatoms. The fourth-order valence-corrected chi connectivity index (χ4v) is 6.27. The summed E-state index contributed by atoms with van der Waals surface area (Å²) in [6.07, 6.45) is 2.12. The average molecular weight is 572 g/mol. The Morgan fingerprint density at radius 1 is 0.810 bits per heavy atom. The average Bonchev–Trinajstić information content (AvgIpc) is 3.47. The van der Waals surface area contributed by atoms with Crippen LogP contribution in [0.1, 0.15) is 42.6 Å². The van der Waals surface area contributed by atoms with E-state index in [1.165, 1.54) is 0 Å². The molecular weight excluding hydrogens is 538 g/mol. The molecule has 12 nitrogen and oxygen atoms in total. The molecule has 4 aliphatic rings. The maximum absolute atomic E-state index is 12.7. The van der Waals surface area contributed by atoms with Gasteiger partial charge in [-0.15, -0.1) is 0 Å². The van der Waals surface area contributed by atoms with Gasteiger partial charge in [0.2, 0.25) is 11.9 Å². The van der Waals surface area contributed by atoms with Gasteiger partial charge in [-0.05, 0) is 69.2 Å². The number of nitrogens with zero attached hydrogens (tertiary/aromatic N) is 5. The summed E-state index contributed by atoms with van der Waals surface area (Å²) in [5, 5.41) is 5.67. The van der Waals surface area contributed by atoms with Gasteiger partial charge in [-0.2, -0.15) is 15.0 Å². The Morgan fingerprint density at radius 3 is 2.14 bits per heavy atom. The second kappa shape index (κ2) is 10.8. The number of aromatic nitrogens is 3. The molecule has 2 N–H and O–H groups in total. The van der Waals surface area contributed by atoms with Crippen LogP contribution in [-0.4, -0.2) is 77.5 Å². The van der Waals surface area contributed by atoms with Crippen molar-refractivity contribution >= 4 is 35.3 Å². The van der Waals surface area contributed by atoms with Crippen LogP contribution >= 0.6 is 0 Å². The molecule has 3 fully saturated rings. The van der Waals surface area contributed by atoms with Crippen molar-refractivity contribution in [2.45, 2.75) is 57.5 Å². The first-order valence-electron chi connectivity index (χ1n) is 14.4. The normalized spacial score (nSPS) is 24.8. The highest BCUT2D eigenvalue weighted by Crippen LogP contribution is 2.34. The van der Waals surface area contributed by atoms with Crippen molar-refractivity contribution in [1.29, 1.82) is 0 Å². The highest BCUT2D eigenvalue weighted by molar-refractivity contribution is 6.01. The summed E-state index contributed by atoms with van der Waals surface area (Å²) in [7, 11) is 0. The smallest absolute Gasteiger partial charge is 0.338 e. The van der Waals surface area contributed by atoms with Crippen LogP contribution in [0.2, 0.25) is 0 Å². The predicted octanol–water partition coefficient (Wildman–Crippen LogP) is 3.83. The molecule has 4 aliphatic heterocycles. The maximum atomic E-state index is 12.7. The van der Waals surface area contributed by atoms with E-state index in [9.17, 15) is 9.59 Å². The lowest BCUT2D eigenvalue weighted by Gasteiger charge is -2.40. The van der Waals surface area contributed by atoms with Gasteiger partial charge in [-0.3, -0.25) is 0 Å². The number of amides is 2. The van der Waals surface area contributed by atoms with Crippen molar-refractivity contribution in [2.24, 2.45) is 0 Å². The number of carbonyl (C=O) groups is 2. The summed E-state index contributed by atoms with van der Waals surface area (Å²) in [4.78, 5) is 43.8. The van der Waals surface area contributed by atoms with Gasteiger partial charge in [0.25, 0.3) is 0 Å². The van der Waals surface area contributed by atoms with E-state index >= 15 is 0 Å². The van der Waals surface area contributed by atoms with E-state index in [1.54, 1.807) is 18.2 Å². The number of hydrogen-bond donors (Lipinski definition) is 2. The van der Waals surface area contributed by atoms with Gasteiger partial charge in [0, 0.05) is 22.5 Å². The Labute approximate surface area is 243 Å². The third kappa shape index (κ3) is 5.01. The zero-order valence-electron chi connectivity index (χ0n) is 23.6. The minimum Gasteiger partial charge on any atom is -0.457 e. The minimum atomic E-state index is -0.393. The van der Waals surface area contributed by atoms with Crippen molar-refractivity contribution in [2.75, 3.05) is 46.9 Å². The van der Waals surface area contributed by atoms with Crippen molar-refractivity contribution in [3.8, 4) is 11.4 Å². The number of morpholine rings is 2. The Bertz CT molecular complexity index is 1470. The Morgan fingerprint density at radius 2 is 1.43 bits per heavy atom. The number of urea groups is 1. The Kier molecular flexibility index (Phi) is 6.87. The van der Waals surface area contributed by atoms with E-state index < -0.39 is 6.03 Å². The molecule has 218 valence electrons. The lowest BCUT2D eigenvalue weighted by molar-refractivity contribution is 0.0535. The van der Waals surface area contributed by atoms with Gasteiger partial charge < -0.3 is 34.6 Å². The van der Waals surface area contributed by atoms with Crippen LogP contribution in [0, 0.1) is 0 Å². The molecule has 4 atom stereocenters. The quantitative estimate of drug-likeness (QED) is 0.436. The number of cyclic esters (lactones) is 1. The summed E-state index contributed by atoms with van der Waals surface area (Å²) in [6, 6.07) is 12.9. The SMILES string of the molecule is C[C@@H]1COC[C@H](C)N1c1nc(-c2ccc(NC(=O)Nc3ccc4c(c3)COC4=O)cc2)nc(N2[C@@H]3CC[C@H]2COC3)n1. The zero-order chi connectivity index (χ0) is 28.8. The minimum absolute atomic E-state index is 0.127. The fraction of sp³-hybridized carbons (Fsp3) is 0.433. The molecule has 2 aromatic carbocycles. The molecular formula is C30H33N7O5. The van der Waals surface area contributed by atoms with E-state index in [0.717, 1.165) is 24.0 Å². The number of nitrogens with one attached hydrogen (secondary N) is 2. The molecule has 0 saturated carbocycles. The number of esters is 1. The third-order valence-electron chi connectivity index (χ3n) is 8.32. The summed E-state index contributed by atoms with van der Waals surface area (Å²) in [5.74, 6) is 1.56. The molecule has 0 aliphatic carbocycles. The van der Waals surface area contributed by atoms with Gasteiger partial charge in [-0.1, -0.05) is 0 Å². The van der Waals surface area contributed by atoms with Gasteiger partial charge in [-0.25, -0.2) is 9.59 Å². The Balaban J connectivity index is 1.13. The molecule has 42 heavy (non-hydrogen) atoms. The molecule has 0 unspecified atom stereocenters. The van der Waals surface area contributed by atoms with Crippen LogP contribution in [0.25, 0.3) is 11.4 Å². The van der Waals surface area contributed by atoms with Crippen molar-refractivity contribution in [3.63, 3.8) is 0 Å². The van der Waals surface area contributed by atoms with Gasteiger partial charge in [0.1, 0.15) is 6.61 Å². The molecule has 0 spiro atoms. The summed E-state index contributed by atoms with van der Waals surface area (Å²) < 4.78 is 16.6. The second-order valence-corrected chi connectivity index (χ2v) is 11.3. The van der Waals surface area contributed by atoms with E-state index in [2.05, 4.69) is 34.3 Å². The van der Waals surface area contributed by atoms with E-state index in [4.69, 9.17) is 29.2 Å². The molecule has 0 radical (unpaired) electrons. The van der Waals surface area contributed by atoms with Crippen molar-refractivity contribution in [1.82, 2.24) is 15.0 Å². The standard InChI is InChI=1S/C30H33N7O5/c1-17-12-40-13-18(2)36(17)28-33-26(34-29(35-28)37-23-8-9-24(37)16-41-15-23)19-3-5-21(6-4-19)31-30(39)32-22-7-10-25-20(11-22)14-42-27(25)38/h3-7,10-11,17-18,23-24H,8-9,12-16H2,1-2H3,(H2,31,32,39)/t17-,18+,23-,24+. The summed E-state index contributed by atoms with van der Waals surface area (Å²) in [6.45, 7) is 7.04. The van der Waals surface area contributed by atoms with Gasteiger partial charge in [0.15, 0.2) is 5.82 Å². The maximum Gasteiger partial charge on any atom is 0.338 e. The summed E-state index contributed by atoms with van der Waals surface area (Å²) in [5.41, 5.74) is 3.30. The van der Waals surface area contributed by atoms with Gasteiger partial charge >= 0.3 is 12.0 Å². The van der Waals surface area contributed by atoms with Crippen LogP contribution in [0.3, 0.4) is 0 Å². The second-order valence-electron chi connectivity index (χ2n) is 11.3. The topological polar surface area (TPSA) is 131 Å². The number of rotatable bonds is 5. The van der Waals surface area contributed by atoms with E-state index in [0.29, 0.717) is 61.1 Å². The number of ether oxygens (including phenoxy) is 3. The molecule has 3 aromatic rings. The highest BCUT2D eigenvalue weighted by atomic mass is 16.5. The zero-order valence-corrected chi connectivity index (χ0v) is 23.6. The first-order valence-corrected chi connectivity index (χ1v) is 14.4. The fourth-order valence-electron chi connectivity index (χ4n) is 6.27. The van der Waals surface area contributed by atoms with E-state index in [1.807, 2.05) is 24.3 Å². The van der Waals surface area contributed by atoms with Gasteiger partial charge in [0.05, 0.1) is 56.2 Å². The molecule has 2 amide bonds. The van der Waals surface area contributed by atoms with Crippen LogP contribution in [0.4, 0.5) is 28.1 Å². The van der Waals surface area contributed by atoms with Crippen LogP contribution in [0.15, 0.2) is 42.5 Å². The first kappa shape index (κ1) is 26.6. The molecule has 1 aromatic heterocycles. The third-order valence-corrected chi connectivity index (χ3v) is 8.32. The van der Waals surface area contributed by atoms with Crippen LogP contribution in [-0.2, 0) is 20.8 Å². The number of anilines is 4. The number of carbonyl (C=O) groups excluding carboxylic acids is 2. The van der Waals surface area contributed by atoms with Crippen LogP contribution in [0.5, 0.6) is 0 Å². The first-order chi connectivity index (χ1) is 20.4. The number of fused-ring (bicyclic) bond motifs is 3. The van der Waals surface area contributed by atoms with Crippen molar-refractivity contribution < 1.29 is 23.8 Å². The molecule has 3 saturated heterocycles. The molecule has 2 bridgehead atoms. The number of hydrogen-bond acceptors (Lipinski definition) is 10. The monoisotopic (exact) mass is 571 g/mol. The van der Waals surface area contributed by atoms with Crippen LogP contribution < -0.4 is 20.4 Å². The lowest BCUT2D eigenvalue weighted by atomic mass is 10.1. The lowest BCUT2D eigenvalue weighted by Crippen LogP contribution is -2.51.